The highest BCUT2D eigenvalue weighted by Crippen LogP contribution is 2.27. The molecule has 0 amide bonds. The first-order valence-corrected chi connectivity index (χ1v) is 6.14. The van der Waals surface area contributed by atoms with Gasteiger partial charge in [-0.15, -0.1) is 0 Å². The van der Waals surface area contributed by atoms with Crippen LogP contribution in [0, 0.1) is 0 Å². The van der Waals surface area contributed by atoms with Crippen LogP contribution in [0.1, 0.15) is 0 Å². The number of halogens is 1. The molecule has 1 aromatic heterocycles. The third-order valence-electron chi connectivity index (χ3n) is 2.96. The smallest absolute Gasteiger partial charge is 0.138 e. The van der Waals surface area contributed by atoms with Crippen LogP contribution in [-0.2, 0) is 0 Å². The van der Waals surface area contributed by atoms with Crippen molar-refractivity contribution in [2.75, 3.05) is 12.8 Å². The number of aromatic amines is 1. The van der Waals surface area contributed by atoms with Crippen LogP contribution in [0.15, 0.2) is 36.4 Å². The van der Waals surface area contributed by atoms with Crippen molar-refractivity contribution in [1.82, 2.24) is 9.97 Å². The van der Waals surface area contributed by atoms with E-state index in [-0.39, 0.29) is 0 Å². The minimum absolute atomic E-state index is 0.524. The predicted molar refractivity (Wildman–Crippen MR) is 77.5 cm³/mol. The number of imidazole rings is 1. The molecule has 3 rings (SSSR count). The molecule has 0 bridgehead atoms. The van der Waals surface area contributed by atoms with Crippen molar-refractivity contribution in [1.29, 1.82) is 0 Å². The maximum atomic E-state index is 6.02. The third kappa shape index (κ3) is 2.11. The number of ether oxygens (including phenoxy) is 1. The molecule has 0 fully saturated rings. The van der Waals surface area contributed by atoms with Crippen LogP contribution in [-0.4, -0.2) is 17.1 Å². The van der Waals surface area contributed by atoms with Gasteiger partial charge in [0, 0.05) is 11.6 Å². The highest BCUT2D eigenvalue weighted by molar-refractivity contribution is 6.33. The van der Waals surface area contributed by atoms with E-state index in [1.165, 1.54) is 0 Å². The zero-order valence-corrected chi connectivity index (χ0v) is 11.0. The third-order valence-corrected chi connectivity index (χ3v) is 3.29. The van der Waals surface area contributed by atoms with Crippen LogP contribution in [0.25, 0.3) is 22.4 Å². The lowest BCUT2D eigenvalue weighted by Gasteiger charge is -2.00. The Hall–Kier alpha value is -2.20. The Kier molecular flexibility index (Phi) is 2.80. The standard InChI is InChI=1S/C14H12ClN3O/c1-19-9-3-5-12-13(7-9)18-14(17-12)8-2-4-11(16)10(15)6-8/h2-7H,16H2,1H3,(H,17,18). The monoisotopic (exact) mass is 273 g/mol. The topological polar surface area (TPSA) is 63.9 Å². The first-order valence-electron chi connectivity index (χ1n) is 5.76. The Morgan fingerprint density at radius 1 is 1.21 bits per heavy atom. The summed E-state index contributed by atoms with van der Waals surface area (Å²) in [6.45, 7) is 0. The summed E-state index contributed by atoms with van der Waals surface area (Å²) in [5, 5.41) is 0.524. The largest absolute Gasteiger partial charge is 0.497 e. The summed E-state index contributed by atoms with van der Waals surface area (Å²) >= 11 is 6.02. The van der Waals surface area contributed by atoms with Crippen LogP contribution in [0.2, 0.25) is 5.02 Å². The lowest BCUT2D eigenvalue weighted by molar-refractivity contribution is 0.415. The minimum Gasteiger partial charge on any atom is -0.497 e. The Labute approximate surface area is 115 Å². The molecule has 4 nitrogen and oxygen atoms in total. The van der Waals surface area contributed by atoms with Crippen molar-refractivity contribution in [2.45, 2.75) is 0 Å². The second-order valence-electron chi connectivity index (χ2n) is 4.20. The molecule has 0 saturated heterocycles. The number of methoxy groups -OCH3 is 1. The second-order valence-corrected chi connectivity index (χ2v) is 4.61. The summed E-state index contributed by atoms with van der Waals surface area (Å²) in [5.41, 5.74) is 8.95. The number of nitrogens with zero attached hydrogens (tertiary/aromatic N) is 1. The molecule has 19 heavy (non-hydrogen) atoms. The number of rotatable bonds is 2. The van der Waals surface area contributed by atoms with E-state index < -0.39 is 0 Å². The minimum atomic E-state index is 0.524. The fraction of sp³-hybridized carbons (Fsp3) is 0.0714. The number of H-pyrrole nitrogens is 1. The molecule has 1 heterocycles. The molecular weight excluding hydrogens is 262 g/mol. The van der Waals surface area contributed by atoms with E-state index in [1.54, 1.807) is 19.2 Å². The van der Waals surface area contributed by atoms with Crippen molar-refractivity contribution in [3.05, 3.63) is 41.4 Å². The molecule has 0 aliphatic rings. The highest BCUT2D eigenvalue weighted by atomic mass is 35.5. The van der Waals surface area contributed by atoms with Crippen molar-refractivity contribution in [3.63, 3.8) is 0 Å². The van der Waals surface area contributed by atoms with Gasteiger partial charge in [0.25, 0.3) is 0 Å². The Balaban J connectivity index is 2.11. The zero-order chi connectivity index (χ0) is 13.4. The lowest BCUT2D eigenvalue weighted by Crippen LogP contribution is -1.87. The van der Waals surface area contributed by atoms with Gasteiger partial charge in [0.2, 0.25) is 0 Å². The van der Waals surface area contributed by atoms with Gasteiger partial charge in [-0.05, 0) is 30.3 Å². The first-order chi connectivity index (χ1) is 9.17. The molecule has 0 saturated carbocycles. The molecule has 96 valence electrons. The quantitative estimate of drug-likeness (QED) is 0.703. The van der Waals surface area contributed by atoms with Crippen molar-refractivity contribution >= 4 is 28.3 Å². The van der Waals surface area contributed by atoms with Gasteiger partial charge in [-0.1, -0.05) is 11.6 Å². The van der Waals surface area contributed by atoms with Gasteiger partial charge < -0.3 is 15.5 Å². The maximum absolute atomic E-state index is 6.02. The number of aromatic nitrogens is 2. The van der Waals surface area contributed by atoms with Crippen molar-refractivity contribution in [2.24, 2.45) is 0 Å². The second kappa shape index (κ2) is 4.48. The summed E-state index contributed by atoms with van der Waals surface area (Å²) in [4.78, 5) is 7.76. The molecule has 0 aliphatic carbocycles. The van der Waals surface area contributed by atoms with Gasteiger partial charge in [0.1, 0.15) is 11.6 Å². The van der Waals surface area contributed by atoms with Gasteiger partial charge in [0.15, 0.2) is 0 Å². The van der Waals surface area contributed by atoms with Crippen LogP contribution in [0.3, 0.4) is 0 Å². The number of nitrogens with two attached hydrogens (primary N) is 1. The molecular formula is C14H12ClN3O. The van der Waals surface area contributed by atoms with Crippen LogP contribution < -0.4 is 10.5 Å². The van der Waals surface area contributed by atoms with E-state index in [2.05, 4.69) is 9.97 Å². The molecule has 3 aromatic rings. The molecule has 2 aromatic carbocycles. The number of hydrogen-bond donors (Lipinski definition) is 2. The molecule has 0 atom stereocenters. The zero-order valence-electron chi connectivity index (χ0n) is 10.3. The Morgan fingerprint density at radius 3 is 2.79 bits per heavy atom. The predicted octanol–water partition coefficient (Wildman–Crippen LogP) is 3.47. The highest BCUT2D eigenvalue weighted by Gasteiger charge is 2.07. The van der Waals surface area contributed by atoms with E-state index >= 15 is 0 Å². The van der Waals surface area contributed by atoms with E-state index in [0.717, 1.165) is 28.2 Å². The molecule has 0 spiro atoms. The fourth-order valence-corrected chi connectivity index (χ4v) is 2.11. The maximum Gasteiger partial charge on any atom is 0.138 e. The normalized spacial score (nSPS) is 10.8. The summed E-state index contributed by atoms with van der Waals surface area (Å²) in [5.74, 6) is 1.54. The average Bonchev–Trinajstić information content (AvgIpc) is 2.84. The summed E-state index contributed by atoms with van der Waals surface area (Å²) in [6.07, 6.45) is 0. The van der Waals surface area contributed by atoms with Crippen LogP contribution in [0.4, 0.5) is 5.69 Å². The van der Waals surface area contributed by atoms with Gasteiger partial charge in [-0.2, -0.15) is 0 Å². The van der Waals surface area contributed by atoms with Gasteiger partial charge in [-0.3, -0.25) is 0 Å². The van der Waals surface area contributed by atoms with Gasteiger partial charge in [-0.25, -0.2) is 4.98 Å². The summed E-state index contributed by atoms with van der Waals surface area (Å²) < 4.78 is 5.19. The average molecular weight is 274 g/mol. The number of benzene rings is 2. The number of anilines is 1. The van der Waals surface area contributed by atoms with Crippen molar-refractivity contribution in [3.8, 4) is 17.1 Å². The number of nitrogens with one attached hydrogen (secondary N) is 1. The molecule has 0 unspecified atom stereocenters. The van der Waals surface area contributed by atoms with E-state index in [9.17, 15) is 0 Å². The van der Waals surface area contributed by atoms with Gasteiger partial charge in [0.05, 0.1) is 28.9 Å². The van der Waals surface area contributed by atoms with Crippen molar-refractivity contribution < 1.29 is 4.74 Å². The van der Waals surface area contributed by atoms with E-state index in [0.29, 0.717) is 10.7 Å². The first kappa shape index (κ1) is 11.9. The summed E-state index contributed by atoms with van der Waals surface area (Å²) in [7, 11) is 1.64. The summed E-state index contributed by atoms with van der Waals surface area (Å²) in [6, 6.07) is 11.1. The van der Waals surface area contributed by atoms with E-state index in [4.69, 9.17) is 22.1 Å². The lowest BCUT2D eigenvalue weighted by atomic mass is 10.2. The fourth-order valence-electron chi connectivity index (χ4n) is 1.93. The SMILES string of the molecule is COc1ccc2nc(-c3ccc(N)c(Cl)c3)[nH]c2c1. The van der Waals surface area contributed by atoms with Crippen LogP contribution in [0.5, 0.6) is 5.75 Å². The number of fused-ring (bicyclic) bond motifs is 1. The number of nitrogen functional groups attached to an aromatic ring is 1. The van der Waals surface area contributed by atoms with E-state index in [1.807, 2.05) is 24.3 Å². The molecule has 0 radical (unpaired) electrons. The van der Waals surface area contributed by atoms with Crippen LogP contribution >= 0.6 is 11.6 Å². The number of hydrogen-bond acceptors (Lipinski definition) is 3. The molecule has 0 aliphatic heterocycles. The van der Waals surface area contributed by atoms with Gasteiger partial charge >= 0.3 is 0 Å². The Bertz CT molecular complexity index is 752. The Morgan fingerprint density at radius 2 is 2.05 bits per heavy atom. The molecule has 5 heteroatoms. The molecule has 3 N–H and O–H groups in total.